The molecule has 2 aromatic carbocycles. The lowest BCUT2D eigenvalue weighted by Crippen LogP contribution is -2.35. The summed E-state index contributed by atoms with van der Waals surface area (Å²) < 4.78 is 5.94. The van der Waals surface area contributed by atoms with E-state index in [1.165, 1.54) is 4.90 Å². The summed E-state index contributed by atoms with van der Waals surface area (Å²) in [5, 5.41) is 2.78. The first-order valence-corrected chi connectivity index (χ1v) is 8.20. The molecule has 0 spiro atoms. The predicted molar refractivity (Wildman–Crippen MR) is 97.1 cm³/mol. The van der Waals surface area contributed by atoms with Crippen LogP contribution >= 0.6 is 15.9 Å². The Labute approximate surface area is 149 Å². The molecule has 1 N–H and O–H groups in total. The summed E-state index contributed by atoms with van der Waals surface area (Å²) >= 11 is 3.37. The highest BCUT2D eigenvalue weighted by atomic mass is 79.9. The van der Waals surface area contributed by atoms with Crippen molar-refractivity contribution in [2.45, 2.75) is 6.42 Å². The number of nitrogens with zero attached hydrogens (tertiary/aromatic N) is 1. The molecular weight excluding hydrogens is 372 g/mol. The number of methoxy groups -OCH3 is 1. The largest absolute Gasteiger partial charge is 0.497 e. The van der Waals surface area contributed by atoms with Gasteiger partial charge in [0.2, 0.25) is 11.8 Å². The molecule has 0 saturated heterocycles. The number of para-hydroxylation sites is 1. The molecule has 0 aliphatic heterocycles. The van der Waals surface area contributed by atoms with Gasteiger partial charge < -0.3 is 15.0 Å². The van der Waals surface area contributed by atoms with Crippen molar-refractivity contribution in [1.82, 2.24) is 4.90 Å². The van der Waals surface area contributed by atoms with E-state index in [0.29, 0.717) is 11.4 Å². The van der Waals surface area contributed by atoms with Crippen LogP contribution in [0.15, 0.2) is 53.0 Å². The fourth-order valence-corrected chi connectivity index (χ4v) is 2.53. The molecule has 0 fully saturated rings. The molecule has 0 atom stereocenters. The van der Waals surface area contributed by atoms with Crippen molar-refractivity contribution in [3.8, 4) is 5.75 Å². The first-order chi connectivity index (χ1) is 11.5. The summed E-state index contributed by atoms with van der Waals surface area (Å²) in [7, 11) is 3.20. The van der Waals surface area contributed by atoms with Crippen molar-refractivity contribution < 1.29 is 14.3 Å². The highest BCUT2D eigenvalue weighted by Gasteiger charge is 2.14. The van der Waals surface area contributed by atoms with Crippen LogP contribution in [0.1, 0.15) is 5.56 Å². The van der Waals surface area contributed by atoms with Crippen molar-refractivity contribution in [2.75, 3.05) is 26.0 Å². The number of hydrogen-bond acceptors (Lipinski definition) is 3. The standard InChI is InChI=1S/C18H19BrN2O3/c1-21(12-17(22)20-16-9-4-3-8-15(16)19)18(23)11-13-6-5-7-14(10-13)24-2/h3-10H,11-12H2,1-2H3,(H,20,22). The third-order valence-corrected chi connectivity index (χ3v) is 4.14. The van der Waals surface area contributed by atoms with Crippen LogP contribution in [0, 0.1) is 0 Å². The Bertz CT molecular complexity index is 734. The second kappa shape index (κ2) is 8.49. The molecule has 0 saturated carbocycles. The van der Waals surface area contributed by atoms with Gasteiger partial charge in [-0.15, -0.1) is 0 Å². The van der Waals surface area contributed by atoms with E-state index in [-0.39, 0.29) is 24.8 Å². The van der Waals surface area contributed by atoms with Crippen molar-refractivity contribution in [3.05, 3.63) is 58.6 Å². The van der Waals surface area contributed by atoms with Crippen LogP contribution in [0.3, 0.4) is 0 Å². The summed E-state index contributed by atoms with van der Waals surface area (Å²) in [6, 6.07) is 14.7. The molecule has 2 rings (SSSR count). The van der Waals surface area contributed by atoms with E-state index in [1.807, 2.05) is 42.5 Å². The molecule has 0 bridgehead atoms. The second-order valence-corrected chi connectivity index (χ2v) is 6.16. The average molecular weight is 391 g/mol. The number of hydrogen-bond donors (Lipinski definition) is 1. The number of carbonyl (C=O) groups is 2. The number of benzene rings is 2. The molecule has 0 aromatic heterocycles. The average Bonchev–Trinajstić information content (AvgIpc) is 2.57. The summed E-state index contributed by atoms with van der Waals surface area (Å²) in [5.41, 5.74) is 1.52. The quantitative estimate of drug-likeness (QED) is 0.824. The van der Waals surface area contributed by atoms with Crippen molar-refractivity contribution >= 4 is 33.4 Å². The normalized spacial score (nSPS) is 10.1. The fourth-order valence-electron chi connectivity index (χ4n) is 2.15. The van der Waals surface area contributed by atoms with Gasteiger partial charge in [0.25, 0.3) is 0 Å². The lowest BCUT2D eigenvalue weighted by atomic mass is 10.1. The summed E-state index contributed by atoms with van der Waals surface area (Å²) in [5.74, 6) is 0.323. The molecule has 24 heavy (non-hydrogen) atoms. The van der Waals surface area contributed by atoms with Crippen LogP contribution in [-0.2, 0) is 16.0 Å². The maximum atomic E-state index is 12.3. The molecule has 0 heterocycles. The van der Waals surface area contributed by atoms with Crippen molar-refractivity contribution in [2.24, 2.45) is 0 Å². The van der Waals surface area contributed by atoms with Gasteiger partial charge in [-0.25, -0.2) is 0 Å². The number of carbonyl (C=O) groups excluding carboxylic acids is 2. The summed E-state index contributed by atoms with van der Waals surface area (Å²) in [6.07, 6.45) is 0.218. The monoisotopic (exact) mass is 390 g/mol. The van der Waals surface area contributed by atoms with Gasteiger partial charge in [-0.3, -0.25) is 9.59 Å². The van der Waals surface area contributed by atoms with Crippen LogP contribution in [0.2, 0.25) is 0 Å². The van der Waals surface area contributed by atoms with Gasteiger partial charge in [0.15, 0.2) is 0 Å². The molecule has 2 amide bonds. The van der Waals surface area contributed by atoms with Crippen LogP contribution < -0.4 is 10.1 Å². The van der Waals surface area contributed by atoms with Gasteiger partial charge in [-0.2, -0.15) is 0 Å². The highest BCUT2D eigenvalue weighted by Crippen LogP contribution is 2.21. The van der Waals surface area contributed by atoms with E-state index in [0.717, 1.165) is 10.0 Å². The van der Waals surface area contributed by atoms with Gasteiger partial charge >= 0.3 is 0 Å². The zero-order valence-electron chi connectivity index (χ0n) is 13.6. The van der Waals surface area contributed by atoms with Gasteiger partial charge in [0, 0.05) is 11.5 Å². The van der Waals surface area contributed by atoms with Crippen LogP contribution in [0.4, 0.5) is 5.69 Å². The Morgan fingerprint density at radius 2 is 1.92 bits per heavy atom. The second-order valence-electron chi connectivity index (χ2n) is 5.31. The molecule has 0 radical (unpaired) electrons. The first-order valence-electron chi connectivity index (χ1n) is 7.41. The van der Waals surface area contributed by atoms with E-state index < -0.39 is 0 Å². The van der Waals surface area contributed by atoms with Crippen molar-refractivity contribution in [1.29, 1.82) is 0 Å². The van der Waals surface area contributed by atoms with E-state index in [9.17, 15) is 9.59 Å². The first kappa shape index (κ1) is 18.0. The van der Waals surface area contributed by atoms with Crippen molar-refractivity contribution in [3.63, 3.8) is 0 Å². The Balaban J connectivity index is 1.91. The van der Waals surface area contributed by atoms with Crippen LogP contribution in [0.25, 0.3) is 0 Å². The summed E-state index contributed by atoms with van der Waals surface area (Å²) in [6.45, 7) is -0.00979. The number of nitrogens with one attached hydrogen (secondary N) is 1. The van der Waals surface area contributed by atoms with E-state index in [1.54, 1.807) is 20.2 Å². The van der Waals surface area contributed by atoms with Crippen LogP contribution in [0.5, 0.6) is 5.75 Å². The lowest BCUT2D eigenvalue weighted by molar-refractivity contribution is -0.132. The fraction of sp³-hybridized carbons (Fsp3) is 0.222. The number of halogens is 1. The third-order valence-electron chi connectivity index (χ3n) is 3.44. The molecule has 6 heteroatoms. The number of likely N-dealkylation sites (N-methyl/N-ethyl adjacent to an activating group) is 1. The van der Waals surface area contributed by atoms with E-state index in [4.69, 9.17) is 4.74 Å². The predicted octanol–water partition coefficient (Wildman–Crippen LogP) is 3.10. The zero-order valence-corrected chi connectivity index (χ0v) is 15.2. The Kier molecular flexibility index (Phi) is 6.37. The number of amides is 2. The molecule has 2 aromatic rings. The lowest BCUT2D eigenvalue weighted by Gasteiger charge is -2.17. The number of anilines is 1. The number of rotatable bonds is 6. The van der Waals surface area contributed by atoms with Gasteiger partial charge in [0.05, 0.1) is 25.8 Å². The van der Waals surface area contributed by atoms with Crippen LogP contribution in [-0.4, -0.2) is 37.4 Å². The molecular formula is C18H19BrN2O3. The van der Waals surface area contributed by atoms with Gasteiger partial charge in [-0.1, -0.05) is 24.3 Å². The topological polar surface area (TPSA) is 58.6 Å². The highest BCUT2D eigenvalue weighted by molar-refractivity contribution is 9.10. The third kappa shape index (κ3) is 5.09. The van der Waals surface area contributed by atoms with Gasteiger partial charge in [-0.05, 0) is 45.8 Å². The minimum Gasteiger partial charge on any atom is -0.497 e. The molecule has 126 valence electrons. The molecule has 5 nitrogen and oxygen atoms in total. The molecule has 0 unspecified atom stereocenters. The Morgan fingerprint density at radius 3 is 2.62 bits per heavy atom. The zero-order chi connectivity index (χ0) is 17.5. The molecule has 0 aliphatic rings. The SMILES string of the molecule is COc1cccc(CC(=O)N(C)CC(=O)Nc2ccccc2Br)c1. The summed E-state index contributed by atoms with van der Waals surface area (Å²) in [4.78, 5) is 25.8. The Hall–Kier alpha value is -2.34. The number of ether oxygens (including phenoxy) is 1. The maximum absolute atomic E-state index is 12.3. The smallest absolute Gasteiger partial charge is 0.244 e. The molecule has 0 aliphatic carbocycles. The van der Waals surface area contributed by atoms with E-state index >= 15 is 0 Å². The Morgan fingerprint density at radius 1 is 1.17 bits per heavy atom. The van der Waals surface area contributed by atoms with Gasteiger partial charge in [0.1, 0.15) is 5.75 Å². The maximum Gasteiger partial charge on any atom is 0.244 e. The van der Waals surface area contributed by atoms with E-state index in [2.05, 4.69) is 21.2 Å². The minimum absolute atomic E-state index is 0.00979. The minimum atomic E-state index is -0.247.